The van der Waals surface area contributed by atoms with Gasteiger partial charge in [-0.3, -0.25) is 9.59 Å². The zero-order chi connectivity index (χ0) is 55.5. The molecule has 3 fully saturated rings. The van der Waals surface area contributed by atoms with E-state index in [9.17, 15) is 39.9 Å². The third kappa shape index (κ3) is 13.9. The average Bonchev–Trinajstić information content (AvgIpc) is 3.78. The third-order valence-electron chi connectivity index (χ3n) is 16.2. The zero-order valence-electron chi connectivity index (χ0n) is 46.4. The summed E-state index contributed by atoms with van der Waals surface area (Å²) in [6.45, 7) is 18.4. The van der Waals surface area contributed by atoms with Crippen LogP contribution in [-0.2, 0) is 50.9 Å². The molecule has 21 nitrogen and oxygen atoms in total. The van der Waals surface area contributed by atoms with Crippen LogP contribution in [0.1, 0.15) is 117 Å². The second-order valence-electron chi connectivity index (χ2n) is 22.7. The lowest BCUT2D eigenvalue weighted by Crippen LogP contribution is -2.61. The number of ketones is 1. The summed E-state index contributed by atoms with van der Waals surface area (Å²) in [5, 5.41) is 60.0. The van der Waals surface area contributed by atoms with Crippen molar-refractivity contribution in [1.82, 2.24) is 29.3 Å². The van der Waals surface area contributed by atoms with Crippen LogP contribution in [0.15, 0.2) is 41.7 Å². The molecule has 5 heterocycles. The van der Waals surface area contributed by atoms with Gasteiger partial charge in [0.05, 0.1) is 66.0 Å². The number of likely N-dealkylation sites (N-methyl/N-ethyl adjacent to an activating group) is 2. The van der Waals surface area contributed by atoms with Crippen molar-refractivity contribution >= 4 is 22.9 Å². The van der Waals surface area contributed by atoms with Gasteiger partial charge in [-0.25, -0.2) is 14.8 Å². The van der Waals surface area contributed by atoms with Gasteiger partial charge in [-0.1, -0.05) is 39.8 Å². The summed E-state index contributed by atoms with van der Waals surface area (Å²) in [5.74, 6) is -2.69. The lowest BCUT2D eigenvalue weighted by atomic mass is 9.77. The first-order valence-electron chi connectivity index (χ1n) is 26.5. The summed E-state index contributed by atoms with van der Waals surface area (Å²) < 4.78 is 47.1. The Bertz CT molecular complexity index is 2400. The number of aromatic nitrogens is 4. The Balaban J connectivity index is 1.31. The molecule has 0 bridgehead atoms. The topological polar surface area (TPSA) is 270 Å². The Morgan fingerprint density at radius 1 is 0.907 bits per heavy atom. The number of imidazole rings is 1. The molecule has 2 unspecified atom stereocenters. The number of hydrogen-bond acceptors (Lipinski definition) is 19. The van der Waals surface area contributed by atoms with Crippen LogP contribution in [0.3, 0.4) is 0 Å². The number of hydrogen-bond donors (Lipinski definition) is 6. The Morgan fingerprint density at radius 2 is 1.59 bits per heavy atom. The minimum absolute atomic E-state index is 0.0668. The van der Waals surface area contributed by atoms with Crippen molar-refractivity contribution in [1.29, 1.82) is 0 Å². The maximum absolute atomic E-state index is 14.3. The predicted octanol–water partition coefficient (Wildman–Crippen LogP) is 3.19. The fraction of sp³-hybridized carbons (Fsp3) is 0.759. The molecule has 3 aromatic rings. The number of rotatable bonds is 14. The van der Waals surface area contributed by atoms with Crippen molar-refractivity contribution < 1.29 is 68.3 Å². The summed E-state index contributed by atoms with van der Waals surface area (Å²) in [7, 11) is 7.09. The van der Waals surface area contributed by atoms with E-state index in [0.29, 0.717) is 24.2 Å². The van der Waals surface area contributed by atoms with Gasteiger partial charge >= 0.3 is 5.97 Å². The monoisotopic (exact) mass is 1060 g/mol. The average molecular weight is 1060 g/mol. The lowest BCUT2D eigenvalue weighted by molar-refractivity contribution is -0.326. The molecule has 0 amide bonds. The SMILES string of the molecule is CC[C@H]1OC(O)[C@H](C)[C@@H](O[C@H]2C[C@@](C)(OC)[C@@H](O)[C@H](C)O2)[C@H](C)[C@@H](O[C@@H]2O[C@H](C)CC(N(C)C)[C@H]2OC(=O)c2ccc(CC(=O)CCn3cnc4c(=O)[nH]cnc43)cc2)[C@](C)(O)C[C@@H](C)CN(C)[C@H](C)[C@@H](O)[C@]1(C)O. The first-order valence-corrected chi connectivity index (χ1v) is 26.5. The van der Waals surface area contributed by atoms with Gasteiger partial charge in [0.2, 0.25) is 0 Å². The van der Waals surface area contributed by atoms with E-state index < -0.39 is 108 Å². The van der Waals surface area contributed by atoms with E-state index >= 15 is 0 Å². The summed E-state index contributed by atoms with van der Waals surface area (Å²) in [5.41, 5.74) is -3.43. The van der Waals surface area contributed by atoms with Gasteiger partial charge in [-0.05, 0) is 106 Å². The van der Waals surface area contributed by atoms with Gasteiger partial charge in [0, 0.05) is 57.3 Å². The molecule has 0 saturated carbocycles. The molecule has 6 rings (SSSR count). The number of methoxy groups -OCH3 is 1. The molecule has 21 heteroatoms. The van der Waals surface area contributed by atoms with Gasteiger partial charge < -0.3 is 78.0 Å². The van der Waals surface area contributed by atoms with Crippen molar-refractivity contribution in [3.63, 3.8) is 0 Å². The molecule has 0 aliphatic carbocycles. The van der Waals surface area contributed by atoms with Crippen molar-refractivity contribution in [3.05, 3.63) is 58.4 Å². The number of fused-ring (bicyclic) bond motifs is 1. The second-order valence-corrected chi connectivity index (χ2v) is 22.7. The van der Waals surface area contributed by atoms with Crippen molar-refractivity contribution in [2.24, 2.45) is 17.8 Å². The minimum atomic E-state index is -1.81. The number of carbonyl (C=O) groups is 2. The number of carbonyl (C=O) groups excluding carboxylic acids is 2. The molecular formula is C54H86N6O15. The Morgan fingerprint density at radius 3 is 2.23 bits per heavy atom. The predicted molar refractivity (Wildman–Crippen MR) is 276 cm³/mol. The maximum atomic E-state index is 14.3. The van der Waals surface area contributed by atoms with E-state index in [1.54, 1.807) is 70.4 Å². The van der Waals surface area contributed by atoms with Crippen LogP contribution in [0.4, 0.5) is 0 Å². The van der Waals surface area contributed by atoms with Crippen LogP contribution in [0, 0.1) is 17.8 Å². The van der Waals surface area contributed by atoms with Crippen LogP contribution in [-0.4, -0.2) is 198 Å². The molecule has 3 saturated heterocycles. The Hall–Kier alpha value is -3.81. The van der Waals surface area contributed by atoms with E-state index in [2.05, 4.69) is 15.0 Å². The van der Waals surface area contributed by atoms with Crippen LogP contribution >= 0.6 is 0 Å². The fourth-order valence-electron chi connectivity index (χ4n) is 11.5. The van der Waals surface area contributed by atoms with E-state index in [-0.39, 0.29) is 73.1 Å². The number of aromatic amines is 1. The van der Waals surface area contributed by atoms with Crippen LogP contribution < -0.4 is 5.56 Å². The van der Waals surface area contributed by atoms with Crippen molar-refractivity contribution in [2.45, 2.75) is 211 Å². The first-order chi connectivity index (χ1) is 35.1. The van der Waals surface area contributed by atoms with Gasteiger partial charge in [-0.15, -0.1) is 0 Å². The molecule has 3 aliphatic rings. The standard InChI is InChI=1S/C54H86N6O15/c1-15-39-54(10,68)44(62)33(6)59(13)26-29(2)24-52(8,67)46(31(4)42(32(5)49(65)72-39)73-40-25-53(9,69-14)45(63)34(7)71-40)75-51-43(38(58(11)12)22-30(3)70-51)74-50(66)36-18-16-35(17-19-36)23-37(61)20-21-60-28-57-41-47(60)55-27-56-48(41)64/h16-19,27-34,38-40,42-46,49,51,62-63,65,67-68H,15,20-26H2,1-14H3,(H,55,56,64)/t29-,30-,31+,32-,33-,34+,38?,39-,40+,42+,43-,44-,45+,46-,49?,51+,52-,53-,54-/m1/s1. The number of aliphatic hydroxyl groups is 5. The fourth-order valence-corrected chi connectivity index (χ4v) is 11.5. The van der Waals surface area contributed by atoms with E-state index in [1.807, 2.05) is 51.7 Å². The van der Waals surface area contributed by atoms with Gasteiger partial charge in [0.15, 0.2) is 36.1 Å². The summed E-state index contributed by atoms with van der Waals surface area (Å²) in [6.07, 6.45) is -7.51. The van der Waals surface area contributed by atoms with Crippen LogP contribution in [0.5, 0.6) is 0 Å². The number of Topliss-reactive ketones (excluding diaryl/α,β-unsaturated/α-hetero) is 1. The van der Waals surface area contributed by atoms with Gasteiger partial charge in [-0.2, -0.15) is 0 Å². The normalized spacial score (nSPS) is 39.0. The molecule has 2 aromatic heterocycles. The number of aliphatic hydroxyl groups excluding tert-OH is 3. The molecule has 422 valence electrons. The van der Waals surface area contributed by atoms with Crippen LogP contribution in [0.2, 0.25) is 0 Å². The highest BCUT2D eigenvalue weighted by Crippen LogP contribution is 2.41. The largest absolute Gasteiger partial charge is 0.452 e. The summed E-state index contributed by atoms with van der Waals surface area (Å²) in [6, 6.07) is 5.60. The minimum Gasteiger partial charge on any atom is -0.452 e. The van der Waals surface area contributed by atoms with E-state index in [4.69, 9.17) is 33.2 Å². The highest BCUT2D eigenvalue weighted by Gasteiger charge is 2.53. The molecule has 1 aromatic carbocycles. The Labute approximate surface area is 441 Å². The number of H-pyrrole nitrogens is 1. The second kappa shape index (κ2) is 24.9. The molecule has 19 atom stereocenters. The quantitative estimate of drug-likeness (QED) is 0.127. The number of nitrogens with zero attached hydrogens (tertiary/aromatic N) is 5. The van der Waals surface area contributed by atoms with Crippen molar-refractivity contribution in [3.8, 4) is 0 Å². The summed E-state index contributed by atoms with van der Waals surface area (Å²) >= 11 is 0. The number of benzene rings is 1. The lowest BCUT2D eigenvalue weighted by Gasteiger charge is -2.49. The molecular weight excluding hydrogens is 973 g/mol. The molecule has 3 aliphatic heterocycles. The van der Waals surface area contributed by atoms with Gasteiger partial charge in [0.25, 0.3) is 5.56 Å². The van der Waals surface area contributed by atoms with Crippen LogP contribution in [0.25, 0.3) is 11.2 Å². The Kier molecular flexibility index (Phi) is 20.1. The number of nitrogens with one attached hydrogen (secondary N) is 1. The zero-order valence-corrected chi connectivity index (χ0v) is 46.4. The summed E-state index contributed by atoms with van der Waals surface area (Å²) in [4.78, 5) is 54.2. The highest BCUT2D eigenvalue weighted by atomic mass is 16.7. The first kappa shape index (κ1) is 60.4. The van der Waals surface area contributed by atoms with E-state index in [0.717, 1.165) is 0 Å². The number of aryl methyl sites for hydroxylation is 1. The van der Waals surface area contributed by atoms with Gasteiger partial charge in [0.1, 0.15) is 23.6 Å². The number of esters is 1. The van der Waals surface area contributed by atoms with Crippen molar-refractivity contribution in [2.75, 3.05) is 34.8 Å². The molecule has 6 N–H and O–H groups in total. The maximum Gasteiger partial charge on any atom is 0.338 e. The molecule has 0 spiro atoms. The smallest absolute Gasteiger partial charge is 0.338 e. The third-order valence-corrected chi connectivity index (χ3v) is 16.2. The molecule has 0 radical (unpaired) electrons. The van der Waals surface area contributed by atoms with E-state index in [1.165, 1.54) is 26.7 Å². The molecule has 75 heavy (non-hydrogen) atoms. The number of ether oxygens (including phenoxy) is 7. The highest BCUT2D eigenvalue weighted by molar-refractivity contribution is 5.90.